The van der Waals surface area contributed by atoms with Crippen LogP contribution in [0.3, 0.4) is 0 Å². The standard InChI is InChI=1S/C29H34N4O3/c1-30-24(18-32-14-20-12-23(17-32)25-8-5-9-28(35)33(25)15-20)13-27(34)29(36)26(30)19-31-11-10-22(16-31)21-6-3-2-4-7-21/h2-9,13,20,22-23,36H,10-12,14-19H2,1H3/t20-,22+,23-/m0/s1. The summed E-state index contributed by atoms with van der Waals surface area (Å²) in [6, 6.07) is 17.8. The third-order valence-corrected chi connectivity index (χ3v) is 8.50. The lowest BCUT2D eigenvalue weighted by Crippen LogP contribution is -2.47. The van der Waals surface area contributed by atoms with Gasteiger partial charge in [0.2, 0.25) is 5.43 Å². The van der Waals surface area contributed by atoms with E-state index in [1.54, 1.807) is 12.1 Å². The molecule has 0 unspecified atom stereocenters. The molecule has 6 rings (SSSR count). The average molecular weight is 487 g/mol. The van der Waals surface area contributed by atoms with Gasteiger partial charge in [-0.05, 0) is 42.9 Å². The van der Waals surface area contributed by atoms with E-state index < -0.39 is 0 Å². The number of rotatable bonds is 5. The van der Waals surface area contributed by atoms with Gasteiger partial charge in [-0.3, -0.25) is 19.4 Å². The number of pyridine rings is 2. The predicted molar refractivity (Wildman–Crippen MR) is 139 cm³/mol. The zero-order chi connectivity index (χ0) is 24.8. The number of hydrogen-bond acceptors (Lipinski definition) is 5. The summed E-state index contributed by atoms with van der Waals surface area (Å²) >= 11 is 0. The second-order valence-corrected chi connectivity index (χ2v) is 10.9. The highest BCUT2D eigenvalue weighted by Crippen LogP contribution is 2.35. The van der Waals surface area contributed by atoms with Crippen LogP contribution in [0.4, 0.5) is 0 Å². The van der Waals surface area contributed by atoms with E-state index in [0.717, 1.165) is 57.0 Å². The minimum atomic E-state index is -0.300. The van der Waals surface area contributed by atoms with Crippen LogP contribution < -0.4 is 11.0 Å². The van der Waals surface area contributed by atoms with E-state index in [1.165, 1.54) is 5.56 Å². The number of nitrogens with zero attached hydrogens (tertiary/aromatic N) is 4. The number of fused-ring (bicyclic) bond motifs is 4. The summed E-state index contributed by atoms with van der Waals surface area (Å²) in [5, 5.41) is 10.7. The average Bonchev–Trinajstić information content (AvgIpc) is 3.35. The highest BCUT2D eigenvalue weighted by molar-refractivity contribution is 5.31. The van der Waals surface area contributed by atoms with Gasteiger partial charge in [0, 0.05) is 75.8 Å². The molecule has 1 aromatic carbocycles. The van der Waals surface area contributed by atoms with Gasteiger partial charge < -0.3 is 14.2 Å². The Bertz CT molecular complexity index is 1380. The van der Waals surface area contributed by atoms with E-state index in [1.807, 2.05) is 28.3 Å². The summed E-state index contributed by atoms with van der Waals surface area (Å²) in [6.07, 6.45) is 2.19. The van der Waals surface area contributed by atoms with Crippen LogP contribution in [0.5, 0.6) is 5.75 Å². The number of aromatic nitrogens is 2. The topological polar surface area (TPSA) is 70.7 Å². The maximum atomic E-state index is 12.8. The maximum absolute atomic E-state index is 12.8. The first kappa shape index (κ1) is 23.3. The smallest absolute Gasteiger partial charge is 0.250 e. The zero-order valence-electron chi connectivity index (χ0n) is 20.8. The molecule has 0 amide bonds. The van der Waals surface area contributed by atoms with Crippen molar-refractivity contribution in [1.29, 1.82) is 0 Å². The number of piperidine rings is 1. The van der Waals surface area contributed by atoms with E-state index in [-0.39, 0.29) is 16.7 Å². The summed E-state index contributed by atoms with van der Waals surface area (Å²) < 4.78 is 3.97. The van der Waals surface area contributed by atoms with Gasteiger partial charge in [-0.25, -0.2) is 0 Å². The van der Waals surface area contributed by atoms with Crippen LogP contribution in [0.2, 0.25) is 0 Å². The van der Waals surface area contributed by atoms with Crippen molar-refractivity contribution in [3.8, 4) is 5.75 Å². The molecule has 7 nitrogen and oxygen atoms in total. The molecule has 0 radical (unpaired) electrons. The van der Waals surface area contributed by atoms with Gasteiger partial charge in [-0.15, -0.1) is 0 Å². The maximum Gasteiger partial charge on any atom is 0.250 e. The fourth-order valence-electron chi connectivity index (χ4n) is 6.66. The first-order chi connectivity index (χ1) is 17.5. The van der Waals surface area contributed by atoms with Gasteiger partial charge in [0.15, 0.2) is 5.75 Å². The summed E-state index contributed by atoms with van der Waals surface area (Å²) in [5.74, 6) is 1.12. The van der Waals surface area contributed by atoms with E-state index in [4.69, 9.17) is 0 Å². The Morgan fingerprint density at radius 1 is 0.889 bits per heavy atom. The monoisotopic (exact) mass is 486 g/mol. The molecule has 3 aliphatic heterocycles. The first-order valence-corrected chi connectivity index (χ1v) is 13.1. The van der Waals surface area contributed by atoms with Crippen molar-refractivity contribution in [2.24, 2.45) is 13.0 Å². The number of benzene rings is 1. The fourth-order valence-corrected chi connectivity index (χ4v) is 6.66. The number of aromatic hydroxyl groups is 1. The zero-order valence-corrected chi connectivity index (χ0v) is 20.8. The van der Waals surface area contributed by atoms with Gasteiger partial charge in [0.1, 0.15) is 0 Å². The first-order valence-electron chi connectivity index (χ1n) is 13.1. The highest BCUT2D eigenvalue weighted by Gasteiger charge is 2.35. The molecule has 3 aromatic rings. The Hall–Kier alpha value is -3.16. The molecule has 2 bridgehead atoms. The molecule has 36 heavy (non-hydrogen) atoms. The summed E-state index contributed by atoms with van der Waals surface area (Å²) in [7, 11) is 1.97. The van der Waals surface area contributed by atoms with Crippen molar-refractivity contribution < 1.29 is 5.11 Å². The molecule has 0 aliphatic carbocycles. The lowest BCUT2D eigenvalue weighted by Gasteiger charge is -2.43. The molecule has 188 valence electrons. The van der Waals surface area contributed by atoms with Crippen LogP contribution in [0.25, 0.3) is 0 Å². The van der Waals surface area contributed by atoms with Crippen LogP contribution in [0, 0.1) is 5.92 Å². The van der Waals surface area contributed by atoms with E-state index in [2.05, 4.69) is 40.1 Å². The SMILES string of the molecule is Cn1c(CN2C[C@@H]3C[C@@H](C2)c2cccc(=O)n2C3)cc(=O)c(O)c1CN1CC[C@@H](c2ccccc2)C1. The van der Waals surface area contributed by atoms with E-state index in [0.29, 0.717) is 36.5 Å². The van der Waals surface area contributed by atoms with Crippen molar-refractivity contribution in [3.63, 3.8) is 0 Å². The van der Waals surface area contributed by atoms with Crippen molar-refractivity contribution in [3.05, 3.63) is 97.8 Å². The second kappa shape index (κ2) is 9.37. The quantitative estimate of drug-likeness (QED) is 0.601. The summed E-state index contributed by atoms with van der Waals surface area (Å²) in [4.78, 5) is 29.9. The van der Waals surface area contributed by atoms with Crippen molar-refractivity contribution >= 4 is 0 Å². The third kappa shape index (κ3) is 4.31. The molecular formula is C29H34N4O3. The van der Waals surface area contributed by atoms with Crippen LogP contribution in [-0.2, 0) is 26.7 Å². The Labute approximate surface area is 211 Å². The summed E-state index contributed by atoms with van der Waals surface area (Å²) in [5.41, 5.74) is 3.90. The van der Waals surface area contributed by atoms with Crippen molar-refractivity contribution in [2.75, 3.05) is 26.2 Å². The molecule has 2 saturated heterocycles. The molecule has 0 saturated carbocycles. The molecular weight excluding hydrogens is 452 g/mol. The van der Waals surface area contributed by atoms with E-state index >= 15 is 0 Å². The molecule has 5 heterocycles. The third-order valence-electron chi connectivity index (χ3n) is 8.50. The van der Waals surface area contributed by atoms with Crippen LogP contribution >= 0.6 is 0 Å². The van der Waals surface area contributed by atoms with Crippen molar-refractivity contribution in [1.82, 2.24) is 18.9 Å². The van der Waals surface area contributed by atoms with Crippen LogP contribution in [0.1, 0.15) is 47.3 Å². The fraction of sp³-hybridized carbons (Fsp3) is 0.448. The molecule has 0 spiro atoms. The van der Waals surface area contributed by atoms with Crippen LogP contribution in [0.15, 0.2) is 64.2 Å². The molecule has 2 fully saturated rings. The van der Waals surface area contributed by atoms with E-state index in [9.17, 15) is 14.7 Å². The predicted octanol–water partition coefficient (Wildman–Crippen LogP) is 2.86. The van der Waals surface area contributed by atoms with Crippen LogP contribution in [-0.4, -0.2) is 50.2 Å². The Balaban J connectivity index is 1.20. The molecule has 2 aromatic heterocycles. The minimum absolute atomic E-state index is 0.0950. The molecule has 3 atom stereocenters. The normalized spacial score (nSPS) is 24.1. The van der Waals surface area contributed by atoms with Gasteiger partial charge >= 0.3 is 0 Å². The van der Waals surface area contributed by atoms with Crippen molar-refractivity contribution in [2.45, 2.75) is 44.3 Å². The van der Waals surface area contributed by atoms with Gasteiger partial charge in [0.05, 0.1) is 5.69 Å². The van der Waals surface area contributed by atoms with Gasteiger partial charge in [-0.1, -0.05) is 36.4 Å². The summed E-state index contributed by atoms with van der Waals surface area (Å²) in [6.45, 7) is 5.65. The number of likely N-dealkylation sites (tertiary alicyclic amines) is 2. The lowest BCUT2D eigenvalue weighted by atomic mass is 9.83. The molecule has 1 N–H and O–H groups in total. The highest BCUT2D eigenvalue weighted by atomic mass is 16.3. The molecule has 3 aliphatic rings. The molecule has 7 heteroatoms. The Morgan fingerprint density at radius 3 is 2.53 bits per heavy atom. The Morgan fingerprint density at radius 2 is 1.69 bits per heavy atom. The van der Waals surface area contributed by atoms with Gasteiger partial charge in [-0.2, -0.15) is 0 Å². The second-order valence-electron chi connectivity index (χ2n) is 10.9. The minimum Gasteiger partial charge on any atom is -0.503 e. The Kier molecular flexibility index (Phi) is 6.05. The largest absolute Gasteiger partial charge is 0.503 e. The van der Waals surface area contributed by atoms with Gasteiger partial charge in [0.25, 0.3) is 5.56 Å². The lowest BCUT2D eigenvalue weighted by molar-refractivity contribution is 0.112. The number of hydrogen-bond donors (Lipinski definition) is 1.